The second-order valence-electron chi connectivity index (χ2n) is 5.30. The van der Waals surface area contributed by atoms with Crippen LogP contribution in [0.1, 0.15) is 37.2 Å². The summed E-state index contributed by atoms with van der Waals surface area (Å²) in [4.78, 5) is 0. The smallest absolute Gasteiger partial charge is 0.0273 e. The summed E-state index contributed by atoms with van der Waals surface area (Å²) in [5.41, 5.74) is 4.56. The molecule has 2 nitrogen and oxygen atoms in total. The van der Waals surface area contributed by atoms with Gasteiger partial charge >= 0.3 is 0 Å². The number of rotatable bonds is 4. The lowest BCUT2D eigenvalue weighted by Crippen LogP contribution is -2.45. The van der Waals surface area contributed by atoms with Crippen molar-refractivity contribution in [3.63, 3.8) is 0 Å². The Balaban J connectivity index is 1.66. The fraction of sp³-hybridized carbons (Fsp3) is 0.571. The van der Waals surface area contributed by atoms with Gasteiger partial charge in [0, 0.05) is 6.04 Å². The highest BCUT2D eigenvalue weighted by Gasteiger charge is 2.47. The van der Waals surface area contributed by atoms with Crippen molar-refractivity contribution < 1.29 is 0 Å². The van der Waals surface area contributed by atoms with Crippen LogP contribution in [0.4, 0.5) is 0 Å². The van der Waals surface area contributed by atoms with Gasteiger partial charge in [0.25, 0.3) is 0 Å². The number of nitrogens with one attached hydrogen (secondary N) is 1. The summed E-state index contributed by atoms with van der Waals surface area (Å²) >= 11 is 0. The molecule has 2 fully saturated rings. The van der Waals surface area contributed by atoms with Crippen molar-refractivity contribution in [2.75, 3.05) is 0 Å². The van der Waals surface area contributed by atoms with Gasteiger partial charge in [-0.1, -0.05) is 36.8 Å². The Bertz CT molecular complexity index is 345. The lowest BCUT2D eigenvalue weighted by molar-refractivity contribution is 0.209. The SMILES string of the molecule is NNC(C1CCC1)C1CC1c1ccccc1. The Kier molecular flexibility index (Phi) is 2.70. The molecule has 2 heteroatoms. The van der Waals surface area contributed by atoms with E-state index in [2.05, 4.69) is 35.8 Å². The summed E-state index contributed by atoms with van der Waals surface area (Å²) in [6.07, 6.45) is 5.45. The van der Waals surface area contributed by atoms with Gasteiger partial charge in [0.2, 0.25) is 0 Å². The maximum absolute atomic E-state index is 5.71. The summed E-state index contributed by atoms with van der Waals surface area (Å²) in [5.74, 6) is 8.08. The molecule has 16 heavy (non-hydrogen) atoms. The highest BCUT2D eigenvalue weighted by atomic mass is 15.2. The molecule has 0 amide bonds. The maximum atomic E-state index is 5.71. The Morgan fingerprint density at radius 3 is 2.50 bits per heavy atom. The molecule has 3 rings (SSSR count). The summed E-state index contributed by atoms with van der Waals surface area (Å²) in [5, 5.41) is 0. The second kappa shape index (κ2) is 4.19. The van der Waals surface area contributed by atoms with E-state index in [9.17, 15) is 0 Å². The molecule has 2 aliphatic rings. The second-order valence-corrected chi connectivity index (χ2v) is 5.30. The van der Waals surface area contributed by atoms with E-state index in [0.29, 0.717) is 6.04 Å². The molecule has 2 aliphatic carbocycles. The van der Waals surface area contributed by atoms with Crippen molar-refractivity contribution >= 4 is 0 Å². The third kappa shape index (κ3) is 1.76. The first-order valence-electron chi connectivity index (χ1n) is 6.41. The molecule has 2 saturated carbocycles. The van der Waals surface area contributed by atoms with E-state index in [1.54, 1.807) is 0 Å². The number of nitrogens with two attached hydrogens (primary N) is 1. The summed E-state index contributed by atoms with van der Waals surface area (Å²) in [6.45, 7) is 0. The summed E-state index contributed by atoms with van der Waals surface area (Å²) < 4.78 is 0. The lowest BCUT2D eigenvalue weighted by atomic mass is 9.77. The van der Waals surface area contributed by atoms with Crippen LogP contribution in [-0.4, -0.2) is 6.04 Å². The summed E-state index contributed by atoms with van der Waals surface area (Å²) in [6, 6.07) is 11.4. The topological polar surface area (TPSA) is 38.0 Å². The van der Waals surface area contributed by atoms with Crippen LogP contribution in [0.25, 0.3) is 0 Å². The molecule has 0 radical (unpaired) electrons. The van der Waals surface area contributed by atoms with E-state index < -0.39 is 0 Å². The molecule has 0 saturated heterocycles. The Morgan fingerprint density at radius 1 is 1.19 bits per heavy atom. The first-order valence-corrected chi connectivity index (χ1v) is 6.41. The van der Waals surface area contributed by atoms with E-state index in [4.69, 9.17) is 5.84 Å². The van der Waals surface area contributed by atoms with Crippen LogP contribution in [0.5, 0.6) is 0 Å². The molecular formula is C14H20N2. The van der Waals surface area contributed by atoms with Crippen molar-refractivity contribution in [3.8, 4) is 0 Å². The van der Waals surface area contributed by atoms with E-state index in [0.717, 1.165) is 17.8 Å². The van der Waals surface area contributed by atoms with Gasteiger partial charge in [0.05, 0.1) is 0 Å². The van der Waals surface area contributed by atoms with E-state index in [1.807, 2.05) is 0 Å². The van der Waals surface area contributed by atoms with Crippen LogP contribution in [0.3, 0.4) is 0 Å². The quantitative estimate of drug-likeness (QED) is 0.599. The number of hydrazine groups is 1. The monoisotopic (exact) mass is 216 g/mol. The predicted octanol–water partition coefficient (Wildman–Crippen LogP) is 2.42. The number of hydrogen-bond donors (Lipinski definition) is 2. The van der Waals surface area contributed by atoms with Gasteiger partial charge in [-0.05, 0) is 42.6 Å². The van der Waals surface area contributed by atoms with Crippen LogP contribution in [0.15, 0.2) is 30.3 Å². The van der Waals surface area contributed by atoms with Gasteiger partial charge in [0.1, 0.15) is 0 Å². The Hall–Kier alpha value is -0.860. The zero-order chi connectivity index (χ0) is 11.0. The van der Waals surface area contributed by atoms with Gasteiger partial charge in [-0.2, -0.15) is 0 Å². The highest BCUT2D eigenvalue weighted by Crippen LogP contribution is 2.52. The fourth-order valence-electron chi connectivity index (χ4n) is 3.10. The average Bonchev–Trinajstić information content (AvgIpc) is 3.04. The van der Waals surface area contributed by atoms with Crippen molar-refractivity contribution in [1.82, 2.24) is 5.43 Å². The molecule has 0 spiro atoms. The minimum atomic E-state index is 0.555. The van der Waals surface area contributed by atoms with Gasteiger partial charge in [0.15, 0.2) is 0 Å². The molecule has 0 aliphatic heterocycles. The van der Waals surface area contributed by atoms with Gasteiger partial charge in [-0.3, -0.25) is 11.3 Å². The average molecular weight is 216 g/mol. The van der Waals surface area contributed by atoms with E-state index in [1.165, 1.54) is 31.2 Å². The van der Waals surface area contributed by atoms with Gasteiger partial charge in [-0.15, -0.1) is 0 Å². The van der Waals surface area contributed by atoms with E-state index >= 15 is 0 Å². The van der Waals surface area contributed by atoms with Crippen LogP contribution >= 0.6 is 0 Å². The third-order valence-electron chi connectivity index (χ3n) is 4.38. The first-order chi connectivity index (χ1) is 7.90. The van der Waals surface area contributed by atoms with Crippen LogP contribution in [0, 0.1) is 11.8 Å². The minimum Gasteiger partial charge on any atom is -0.271 e. The number of hydrogen-bond acceptors (Lipinski definition) is 2. The standard InChI is InChI=1S/C14H20N2/c15-16-14(11-7-4-8-11)13-9-12(13)10-5-2-1-3-6-10/h1-3,5-6,11-14,16H,4,7-9,15H2. The third-order valence-corrected chi connectivity index (χ3v) is 4.38. The van der Waals surface area contributed by atoms with Crippen molar-refractivity contribution in [3.05, 3.63) is 35.9 Å². The molecule has 1 aromatic rings. The molecule has 0 bridgehead atoms. The normalized spacial score (nSPS) is 30.8. The van der Waals surface area contributed by atoms with Crippen molar-refractivity contribution in [1.29, 1.82) is 0 Å². The van der Waals surface area contributed by atoms with Gasteiger partial charge in [-0.25, -0.2) is 0 Å². The molecule has 1 aromatic carbocycles. The van der Waals surface area contributed by atoms with Crippen LogP contribution < -0.4 is 11.3 Å². The van der Waals surface area contributed by atoms with Gasteiger partial charge < -0.3 is 0 Å². The molecule has 3 N–H and O–H groups in total. The van der Waals surface area contributed by atoms with Crippen LogP contribution in [-0.2, 0) is 0 Å². The van der Waals surface area contributed by atoms with Crippen molar-refractivity contribution in [2.45, 2.75) is 37.6 Å². The largest absolute Gasteiger partial charge is 0.271 e. The maximum Gasteiger partial charge on any atom is 0.0273 e. The molecule has 86 valence electrons. The summed E-state index contributed by atoms with van der Waals surface area (Å²) in [7, 11) is 0. The Morgan fingerprint density at radius 2 is 1.94 bits per heavy atom. The molecule has 0 aromatic heterocycles. The molecule has 0 heterocycles. The molecular weight excluding hydrogens is 196 g/mol. The fourth-order valence-corrected chi connectivity index (χ4v) is 3.10. The van der Waals surface area contributed by atoms with E-state index in [-0.39, 0.29) is 0 Å². The zero-order valence-electron chi connectivity index (χ0n) is 9.60. The molecule has 3 unspecified atom stereocenters. The Labute approximate surface area is 97.2 Å². The lowest BCUT2D eigenvalue weighted by Gasteiger charge is -2.33. The minimum absolute atomic E-state index is 0.555. The highest BCUT2D eigenvalue weighted by molar-refractivity contribution is 5.27. The first kappa shape index (κ1) is 10.3. The zero-order valence-corrected chi connectivity index (χ0v) is 9.60. The molecule has 3 atom stereocenters. The predicted molar refractivity (Wildman–Crippen MR) is 65.7 cm³/mol. The number of benzene rings is 1. The van der Waals surface area contributed by atoms with Crippen molar-refractivity contribution in [2.24, 2.45) is 17.7 Å². The van der Waals surface area contributed by atoms with Crippen LogP contribution in [0.2, 0.25) is 0 Å².